The molecule has 0 saturated carbocycles. The highest BCUT2D eigenvalue weighted by atomic mass is 16.1. The molecule has 0 saturated heterocycles. The predicted molar refractivity (Wildman–Crippen MR) is 82.7 cm³/mol. The van der Waals surface area contributed by atoms with Gasteiger partial charge in [-0.15, -0.1) is 0 Å². The minimum atomic E-state index is -0.469. The van der Waals surface area contributed by atoms with Gasteiger partial charge in [0, 0.05) is 12.1 Å². The fourth-order valence-electron chi connectivity index (χ4n) is 2.09. The van der Waals surface area contributed by atoms with Crippen LogP contribution in [0.4, 0.5) is 11.4 Å². The van der Waals surface area contributed by atoms with E-state index >= 15 is 0 Å². The molecule has 0 fully saturated rings. The third kappa shape index (κ3) is 3.51. The van der Waals surface area contributed by atoms with Crippen LogP contribution >= 0.6 is 0 Å². The standard InChI is InChI=1S/C16H19N3O/c1-11-3-2-4-12(9-11)7-8-19-15-6-5-13(16(18)20)10-14(15)17/h2-6,9-10,19H,7-8,17H2,1H3,(H2,18,20). The number of rotatable bonds is 5. The van der Waals surface area contributed by atoms with Crippen LogP contribution in [0.5, 0.6) is 0 Å². The van der Waals surface area contributed by atoms with Gasteiger partial charge in [-0.2, -0.15) is 0 Å². The highest BCUT2D eigenvalue weighted by Gasteiger charge is 2.04. The molecule has 1 amide bonds. The number of hydrogen-bond acceptors (Lipinski definition) is 3. The first-order chi connectivity index (χ1) is 9.56. The Hall–Kier alpha value is -2.49. The largest absolute Gasteiger partial charge is 0.397 e. The van der Waals surface area contributed by atoms with E-state index in [9.17, 15) is 4.79 Å². The Morgan fingerprint density at radius 3 is 2.65 bits per heavy atom. The second-order valence-corrected chi connectivity index (χ2v) is 4.83. The van der Waals surface area contributed by atoms with Crippen molar-refractivity contribution < 1.29 is 4.79 Å². The van der Waals surface area contributed by atoms with E-state index in [2.05, 4.69) is 36.5 Å². The van der Waals surface area contributed by atoms with Crippen molar-refractivity contribution in [3.63, 3.8) is 0 Å². The Labute approximate surface area is 118 Å². The molecule has 4 heteroatoms. The lowest BCUT2D eigenvalue weighted by Crippen LogP contribution is -2.12. The van der Waals surface area contributed by atoms with Crippen molar-refractivity contribution in [3.8, 4) is 0 Å². The van der Waals surface area contributed by atoms with Crippen LogP contribution < -0.4 is 16.8 Å². The van der Waals surface area contributed by atoms with Crippen LogP contribution in [0, 0.1) is 6.92 Å². The molecule has 0 aromatic heterocycles. The molecule has 2 aromatic carbocycles. The van der Waals surface area contributed by atoms with Gasteiger partial charge in [-0.25, -0.2) is 0 Å². The van der Waals surface area contributed by atoms with Crippen LogP contribution in [0.25, 0.3) is 0 Å². The van der Waals surface area contributed by atoms with Crippen molar-refractivity contribution >= 4 is 17.3 Å². The fraction of sp³-hybridized carbons (Fsp3) is 0.188. The Kier molecular flexibility index (Phi) is 4.25. The van der Waals surface area contributed by atoms with E-state index in [0.29, 0.717) is 11.3 Å². The smallest absolute Gasteiger partial charge is 0.248 e. The molecule has 0 aliphatic heterocycles. The second kappa shape index (κ2) is 6.10. The summed E-state index contributed by atoms with van der Waals surface area (Å²) in [7, 11) is 0. The summed E-state index contributed by atoms with van der Waals surface area (Å²) in [5.41, 5.74) is 15.4. The first-order valence-electron chi connectivity index (χ1n) is 6.55. The number of anilines is 2. The summed E-state index contributed by atoms with van der Waals surface area (Å²) in [6.45, 7) is 2.86. The highest BCUT2D eigenvalue weighted by Crippen LogP contribution is 2.19. The lowest BCUT2D eigenvalue weighted by molar-refractivity contribution is 0.100. The maximum absolute atomic E-state index is 11.0. The molecule has 5 N–H and O–H groups in total. The Morgan fingerprint density at radius 1 is 1.20 bits per heavy atom. The Morgan fingerprint density at radius 2 is 2.00 bits per heavy atom. The lowest BCUT2D eigenvalue weighted by Gasteiger charge is -2.10. The molecule has 0 heterocycles. The zero-order valence-electron chi connectivity index (χ0n) is 11.5. The number of aryl methyl sites for hydroxylation is 1. The molecule has 2 aromatic rings. The number of nitrogens with one attached hydrogen (secondary N) is 1. The topological polar surface area (TPSA) is 81.1 Å². The van der Waals surface area contributed by atoms with Crippen LogP contribution in [0.3, 0.4) is 0 Å². The summed E-state index contributed by atoms with van der Waals surface area (Å²) in [5.74, 6) is -0.469. The number of hydrogen-bond donors (Lipinski definition) is 3. The first-order valence-corrected chi connectivity index (χ1v) is 6.55. The summed E-state index contributed by atoms with van der Waals surface area (Å²) in [4.78, 5) is 11.0. The van der Waals surface area contributed by atoms with E-state index in [-0.39, 0.29) is 0 Å². The number of nitrogens with two attached hydrogens (primary N) is 2. The Bertz CT molecular complexity index is 623. The van der Waals surface area contributed by atoms with Crippen LogP contribution in [-0.2, 0) is 6.42 Å². The zero-order chi connectivity index (χ0) is 14.5. The number of nitrogen functional groups attached to an aromatic ring is 1. The lowest BCUT2D eigenvalue weighted by atomic mass is 10.1. The molecule has 0 bridgehead atoms. The maximum atomic E-state index is 11.0. The number of benzene rings is 2. The predicted octanol–water partition coefficient (Wildman–Crippen LogP) is 2.33. The van der Waals surface area contributed by atoms with Crippen molar-refractivity contribution in [2.75, 3.05) is 17.6 Å². The monoisotopic (exact) mass is 269 g/mol. The molecule has 104 valence electrons. The highest BCUT2D eigenvalue weighted by molar-refractivity contribution is 5.94. The number of carbonyl (C=O) groups excluding carboxylic acids is 1. The Balaban J connectivity index is 1.96. The summed E-state index contributed by atoms with van der Waals surface area (Å²) in [6.07, 6.45) is 0.915. The van der Waals surface area contributed by atoms with Crippen molar-refractivity contribution in [1.29, 1.82) is 0 Å². The molecule has 0 aliphatic carbocycles. The SMILES string of the molecule is Cc1cccc(CCNc2ccc(C(N)=O)cc2N)c1. The van der Waals surface area contributed by atoms with Gasteiger partial charge in [0.25, 0.3) is 0 Å². The molecule has 0 atom stereocenters. The van der Waals surface area contributed by atoms with Gasteiger partial charge in [0.2, 0.25) is 5.91 Å². The van der Waals surface area contributed by atoms with E-state index in [1.54, 1.807) is 18.2 Å². The third-order valence-corrected chi connectivity index (χ3v) is 3.15. The van der Waals surface area contributed by atoms with Gasteiger partial charge in [0.05, 0.1) is 11.4 Å². The van der Waals surface area contributed by atoms with E-state index in [1.807, 2.05) is 0 Å². The van der Waals surface area contributed by atoms with Gasteiger partial charge in [0.1, 0.15) is 0 Å². The van der Waals surface area contributed by atoms with Gasteiger partial charge >= 0.3 is 0 Å². The van der Waals surface area contributed by atoms with Gasteiger partial charge in [-0.1, -0.05) is 29.8 Å². The number of primary amides is 1. The van der Waals surface area contributed by atoms with Crippen LogP contribution in [0.1, 0.15) is 21.5 Å². The minimum absolute atomic E-state index is 0.423. The molecular weight excluding hydrogens is 250 g/mol. The molecule has 2 rings (SSSR count). The molecule has 20 heavy (non-hydrogen) atoms. The normalized spacial score (nSPS) is 10.2. The van der Waals surface area contributed by atoms with Crippen molar-refractivity contribution in [2.45, 2.75) is 13.3 Å². The van der Waals surface area contributed by atoms with E-state index in [1.165, 1.54) is 11.1 Å². The summed E-state index contributed by atoms with van der Waals surface area (Å²) in [5, 5.41) is 3.27. The van der Waals surface area contributed by atoms with Crippen LogP contribution in [0.15, 0.2) is 42.5 Å². The van der Waals surface area contributed by atoms with Gasteiger partial charge in [-0.05, 0) is 37.1 Å². The average Bonchev–Trinajstić information content (AvgIpc) is 2.40. The molecule has 4 nitrogen and oxygen atoms in total. The van der Waals surface area contributed by atoms with Crippen LogP contribution in [0.2, 0.25) is 0 Å². The average molecular weight is 269 g/mol. The quantitative estimate of drug-likeness (QED) is 0.729. The second-order valence-electron chi connectivity index (χ2n) is 4.83. The van der Waals surface area contributed by atoms with E-state index in [4.69, 9.17) is 11.5 Å². The molecule has 0 radical (unpaired) electrons. The summed E-state index contributed by atoms with van der Waals surface area (Å²) in [6, 6.07) is 13.5. The number of amides is 1. The van der Waals surface area contributed by atoms with Crippen molar-refractivity contribution in [2.24, 2.45) is 5.73 Å². The third-order valence-electron chi connectivity index (χ3n) is 3.15. The van der Waals surface area contributed by atoms with Crippen molar-refractivity contribution in [1.82, 2.24) is 0 Å². The maximum Gasteiger partial charge on any atom is 0.248 e. The zero-order valence-corrected chi connectivity index (χ0v) is 11.5. The number of carbonyl (C=O) groups is 1. The van der Waals surface area contributed by atoms with Gasteiger partial charge in [0.15, 0.2) is 0 Å². The summed E-state index contributed by atoms with van der Waals surface area (Å²) < 4.78 is 0. The molecule has 0 unspecified atom stereocenters. The minimum Gasteiger partial charge on any atom is -0.397 e. The van der Waals surface area contributed by atoms with E-state index < -0.39 is 5.91 Å². The first kappa shape index (κ1) is 13.9. The van der Waals surface area contributed by atoms with Crippen molar-refractivity contribution in [3.05, 3.63) is 59.2 Å². The van der Waals surface area contributed by atoms with E-state index in [0.717, 1.165) is 18.7 Å². The fourth-order valence-corrected chi connectivity index (χ4v) is 2.09. The molecule has 0 spiro atoms. The molecular formula is C16H19N3O. The van der Waals surface area contributed by atoms with Crippen LogP contribution in [-0.4, -0.2) is 12.5 Å². The summed E-state index contributed by atoms with van der Waals surface area (Å²) >= 11 is 0. The van der Waals surface area contributed by atoms with Gasteiger partial charge < -0.3 is 16.8 Å². The molecule has 0 aliphatic rings. The van der Waals surface area contributed by atoms with Gasteiger partial charge in [-0.3, -0.25) is 4.79 Å².